The van der Waals surface area contributed by atoms with E-state index in [1.807, 2.05) is 0 Å². The summed E-state index contributed by atoms with van der Waals surface area (Å²) in [4.78, 5) is 12.1. The molecule has 3 nitrogen and oxygen atoms in total. The fraction of sp³-hybridized carbons (Fsp3) is 0.462. The molecule has 1 unspecified atom stereocenters. The van der Waals surface area contributed by atoms with Gasteiger partial charge in [-0.05, 0) is 37.6 Å². The van der Waals surface area contributed by atoms with Gasteiger partial charge in [0.1, 0.15) is 0 Å². The predicted octanol–water partition coefficient (Wildman–Crippen LogP) is 2.16. The summed E-state index contributed by atoms with van der Waals surface area (Å²) >= 11 is 0. The minimum Gasteiger partial charge on any atom is -0.494 e. The van der Waals surface area contributed by atoms with Gasteiger partial charge in [0.05, 0.1) is 13.2 Å². The van der Waals surface area contributed by atoms with Crippen molar-refractivity contribution in [2.24, 2.45) is 0 Å². The third-order valence-electron chi connectivity index (χ3n) is 3.06. The summed E-state index contributed by atoms with van der Waals surface area (Å²) in [6.45, 7) is 0.856. The molecule has 1 aliphatic rings. The number of carbonyl (C=O) groups excluding carboxylic acids is 1. The van der Waals surface area contributed by atoms with Gasteiger partial charge >= 0.3 is 0 Å². The average Bonchev–Trinajstić information content (AvgIpc) is 2.39. The number of nitrogens with one attached hydrogen (secondary N) is 1. The lowest BCUT2D eigenvalue weighted by Gasteiger charge is -2.22. The molecular weight excluding hydrogens is 221 g/mol. The van der Waals surface area contributed by atoms with Gasteiger partial charge in [0.25, 0.3) is 0 Å². The number of carbonyl (C=O) groups is 1. The molecule has 17 heavy (non-hydrogen) atoms. The lowest BCUT2D eigenvalue weighted by molar-refractivity contribution is 0.0926. The zero-order valence-corrected chi connectivity index (χ0v) is 9.83. The highest BCUT2D eigenvalue weighted by Crippen LogP contribution is 2.20. The highest BCUT2D eigenvalue weighted by molar-refractivity contribution is 6.00. The third-order valence-corrected chi connectivity index (χ3v) is 3.06. The molecule has 0 aliphatic carbocycles. The predicted molar refractivity (Wildman–Crippen MR) is 62.9 cm³/mol. The maximum Gasteiger partial charge on any atom is 0.179 e. The van der Waals surface area contributed by atoms with Gasteiger partial charge in [-0.25, -0.2) is 4.39 Å². The Hall–Kier alpha value is -1.42. The number of piperidine rings is 1. The lowest BCUT2D eigenvalue weighted by Crippen LogP contribution is -2.40. The molecule has 1 saturated heterocycles. The van der Waals surface area contributed by atoms with Crippen LogP contribution < -0.4 is 10.1 Å². The van der Waals surface area contributed by atoms with Gasteiger partial charge in [-0.2, -0.15) is 0 Å². The Kier molecular flexibility index (Phi) is 3.74. The summed E-state index contributed by atoms with van der Waals surface area (Å²) in [6.07, 6.45) is 2.97. The topological polar surface area (TPSA) is 38.3 Å². The first-order chi connectivity index (χ1) is 8.22. The molecule has 2 rings (SSSR count). The maximum atomic E-state index is 13.5. The molecule has 0 radical (unpaired) electrons. The first kappa shape index (κ1) is 12.0. The van der Waals surface area contributed by atoms with Gasteiger partial charge in [-0.1, -0.05) is 6.42 Å². The van der Waals surface area contributed by atoms with Crippen LogP contribution in [-0.2, 0) is 0 Å². The van der Waals surface area contributed by atoms with E-state index in [4.69, 9.17) is 4.74 Å². The van der Waals surface area contributed by atoms with E-state index in [0.717, 1.165) is 25.8 Å². The number of methoxy groups -OCH3 is 1. The molecule has 0 aromatic heterocycles. The van der Waals surface area contributed by atoms with Crippen LogP contribution in [0.3, 0.4) is 0 Å². The van der Waals surface area contributed by atoms with E-state index in [2.05, 4.69) is 5.32 Å². The van der Waals surface area contributed by atoms with Crippen molar-refractivity contribution >= 4 is 5.78 Å². The molecule has 0 saturated carbocycles. The maximum absolute atomic E-state index is 13.5. The van der Waals surface area contributed by atoms with E-state index < -0.39 is 5.82 Å². The Labute approximate surface area is 100.0 Å². The van der Waals surface area contributed by atoms with Crippen LogP contribution >= 0.6 is 0 Å². The second-order valence-corrected chi connectivity index (χ2v) is 4.22. The summed E-state index contributed by atoms with van der Waals surface area (Å²) in [7, 11) is 1.41. The summed E-state index contributed by atoms with van der Waals surface area (Å²) in [5, 5.41) is 3.16. The van der Waals surface area contributed by atoms with Crippen LogP contribution in [0.5, 0.6) is 5.75 Å². The van der Waals surface area contributed by atoms with Gasteiger partial charge in [-0.15, -0.1) is 0 Å². The van der Waals surface area contributed by atoms with Crippen molar-refractivity contribution in [3.8, 4) is 5.75 Å². The Morgan fingerprint density at radius 1 is 1.47 bits per heavy atom. The van der Waals surface area contributed by atoms with E-state index >= 15 is 0 Å². The summed E-state index contributed by atoms with van der Waals surface area (Å²) < 4.78 is 18.3. The molecule has 1 aliphatic heterocycles. The number of Topliss-reactive ketones (excluding diaryl/α,β-unsaturated/α-hetero) is 1. The second-order valence-electron chi connectivity index (χ2n) is 4.22. The van der Waals surface area contributed by atoms with Crippen molar-refractivity contribution in [1.82, 2.24) is 5.32 Å². The monoisotopic (exact) mass is 237 g/mol. The van der Waals surface area contributed by atoms with Gasteiger partial charge in [0.15, 0.2) is 17.3 Å². The minimum absolute atomic E-state index is 0.0359. The number of benzene rings is 1. The van der Waals surface area contributed by atoms with Gasteiger partial charge in [0, 0.05) is 5.56 Å². The van der Waals surface area contributed by atoms with Crippen LogP contribution in [0.1, 0.15) is 29.6 Å². The molecule has 4 heteroatoms. The van der Waals surface area contributed by atoms with Crippen molar-refractivity contribution < 1.29 is 13.9 Å². The first-order valence-electron chi connectivity index (χ1n) is 5.83. The normalized spacial score (nSPS) is 20.0. The number of rotatable bonds is 3. The number of hydrogen-bond donors (Lipinski definition) is 1. The highest BCUT2D eigenvalue weighted by atomic mass is 19.1. The summed E-state index contributed by atoms with van der Waals surface area (Å²) in [6, 6.07) is 4.18. The van der Waals surface area contributed by atoms with E-state index in [-0.39, 0.29) is 17.6 Å². The van der Waals surface area contributed by atoms with Crippen LogP contribution in [0, 0.1) is 5.82 Å². The van der Waals surface area contributed by atoms with E-state index in [9.17, 15) is 9.18 Å². The smallest absolute Gasteiger partial charge is 0.179 e. The van der Waals surface area contributed by atoms with Gasteiger partial charge < -0.3 is 10.1 Å². The fourth-order valence-electron chi connectivity index (χ4n) is 2.10. The Morgan fingerprint density at radius 2 is 2.29 bits per heavy atom. The molecule has 92 valence electrons. The molecule has 1 aromatic rings. The molecule has 1 fully saturated rings. The largest absolute Gasteiger partial charge is 0.494 e. The molecule has 1 heterocycles. The Balaban J connectivity index is 2.16. The number of halogens is 1. The van der Waals surface area contributed by atoms with Crippen molar-refractivity contribution in [1.29, 1.82) is 0 Å². The summed E-state index contributed by atoms with van der Waals surface area (Å²) in [5.41, 5.74) is 0.405. The molecule has 0 amide bonds. The van der Waals surface area contributed by atoms with Crippen LogP contribution in [0.4, 0.5) is 4.39 Å². The molecule has 1 N–H and O–H groups in total. The average molecular weight is 237 g/mol. The van der Waals surface area contributed by atoms with E-state index in [1.165, 1.54) is 19.2 Å². The summed E-state index contributed by atoms with van der Waals surface area (Å²) in [5.74, 6) is -0.362. The number of hydrogen-bond acceptors (Lipinski definition) is 3. The Bertz CT molecular complexity index is 414. The van der Waals surface area contributed by atoms with Crippen LogP contribution in [0.15, 0.2) is 18.2 Å². The standard InChI is InChI=1S/C13H16FNO2/c1-17-12-6-5-9(8-10(12)14)13(16)11-4-2-3-7-15-11/h5-6,8,11,15H,2-4,7H2,1H3. The van der Waals surface area contributed by atoms with E-state index in [1.54, 1.807) is 6.07 Å². The highest BCUT2D eigenvalue weighted by Gasteiger charge is 2.22. The lowest BCUT2D eigenvalue weighted by atomic mass is 9.96. The van der Waals surface area contributed by atoms with Crippen LogP contribution in [0.25, 0.3) is 0 Å². The van der Waals surface area contributed by atoms with Crippen LogP contribution in [-0.4, -0.2) is 25.5 Å². The van der Waals surface area contributed by atoms with Crippen molar-refractivity contribution in [3.63, 3.8) is 0 Å². The van der Waals surface area contributed by atoms with Crippen molar-refractivity contribution in [2.45, 2.75) is 25.3 Å². The third kappa shape index (κ3) is 2.64. The molecule has 1 atom stereocenters. The van der Waals surface area contributed by atoms with Crippen molar-refractivity contribution in [2.75, 3.05) is 13.7 Å². The number of ketones is 1. The second kappa shape index (κ2) is 5.27. The van der Waals surface area contributed by atoms with Crippen molar-refractivity contribution in [3.05, 3.63) is 29.6 Å². The van der Waals surface area contributed by atoms with E-state index in [0.29, 0.717) is 5.56 Å². The molecule has 0 bridgehead atoms. The number of ether oxygens (including phenoxy) is 1. The quantitative estimate of drug-likeness (QED) is 0.819. The SMILES string of the molecule is COc1ccc(C(=O)C2CCCCN2)cc1F. The zero-order chi connectivity index (χ0) is 12.3. The fourth-order valence-corrected chi connectivity index (χ4v) is 2.10. The van der Waals surface area contributed by atoms with Crippen LogP contribution in [0.2, 0.25) is 0 Å². The van der Waals surface area contributed by atoms with Gasteiger partial charge in [-0.3, -0.25) is 4.79 Å². The Morgan fingerprint density at radius 3 is 2.88 bits per heavy atom. The zero-order valence-electron chi connectivity index (χ0n) is 9.83. The molecule has 1 aromatic carbocycles. The molecular formula is C13H16FNO2. The first-order valence-corrected chi connectivity index (χ1v) is 5.83. The minimum atomic E-state index is -0.492. The molecule has 0 spiro atoms. The van der Waals surface area contributed by atoms with Gasteiger partial charge in [0.2, 0.25) is 0 Å².